The first-order valence-corrected chi connectivity index (χ1v) is 8.80. The number of ether oxygens (including phenoxy) is 1. The van der Waals surface area contributed by atoms with Crippen molar-refractivity contribution in [2.45, 2.75) is 5.92 Å². The first-order valence-electron chi connectivity index (χ1n) is 8.80. The van der Waals surface area contributed by atoms with E-state index in [1.165, 1.54) is 0 Å². The van der Waals surface area contributed by atoms with Crippen molar-refractivity contribution in [2.75, 3.05) is 11.9 Å². The van der Waals surface area contributed by atoms with Crippen molar-refractivity contribution in [1.82, 2.24) is 0 Å². The molecule has 5 nitrogen and oxygen atoms in total. The van der Waals surface area contributed by atoms with Crippen molar-refractivity contribution in [2.24, 2.45) is 0 Å². The number of halogens is 2. The van der Waals surface area contributed by atoms with Crippen LogP contribution in [0.5, 0.6) is 0 Å². The monoisotopic (exact) mass is 395 g/mol. The molecule has 7 heteroatoms. The van der Waals surface area contributed by atoms with Crippen LogP contribution in [-0.4, -0.2) is 23.8 Å². The van der Waals surface area contributed by atoms with E-state index in [1.807, 2.05) is 48.5 Å². The van der Waals surface area contributed by atoms with E-state index in [2.05, 4.69) is 5.32 Å². The second-order valence-corrected chi connectivity index (χ2v) is 6.57. The van der Waals surface area contributed by atoms with Crippen LogP contribution in [0.2, 0.25) is 0 Å². The number of amides is 1. The van der Waals surface area contributed by atoms with E-state index in [0.717, 1.165) is 22.3 Å². The Morgan fingerprint density at radius 1 is 0.931 bits per heavy atom. The molecule has 0 bridgehead atoms. The molecule has 0 saturated carbocycles. The van der Waals surface area contributed by atoms with Crippen LogP contribution in [0.25, 0.3) is 11.1 Å². The average Bonchev–Trinajstić information content (AvgIpc) is 3.02. The Balaban J connectivity index is 1.50. The normalized spacial score (nSPS) is 12.2. The lowest BCUT2D eigenvalue weighted by Crippen LogP contribution is -2.19. The van der Waals surface area contributed by atoms with Crippen molar-refractivity contribution < 1.29 is 28.2 Å². The Labute approximate surface area is 164 Å². The number of hydrogen-bond acceptors (Lipinski definition) is 3. The predicted octanol–water partition coefficient (Wildman–Crippen LogP) is 5.02. The number of benzene rings is 3. The number of carboxylic acid groups (broad SMARTS) is 1. The van der Waals surface area contributed by atoms with Gasteiger partial charge in [0, 0.05) is 12.0 Å². The van der Waals surface area contributed by atoms with Crippen LogP contribution < -0.4 is 5.32 Å². The topological polar surface area (TPSA) is 75.6 Å². The summed E-state index contributed by atoms with van der Waals surface area (Å²) in [6, 6.07) is 16.7. The minimum Gasteiger partial charge on any atom is -0.478 e. The van der Waals surface area contributed by atoms with Gasteiger partial charge >= 0.3 is 12.1 Å². The Morgan fingerprint density at radius 2 is 1.52 bits per heavy atom. The van der Waals surface area contributed by atoms with Gasteiger partial charge in [-0.3, -0.25) is 5.32 Å². The zero-order chi connectivity index (χ0) is 20.5. The average molecular weight is 395 g/mol. The van der Waals surface area contributed by atoms with Crippen LogP contribution in [0.4, 0.5) is 19.3 Å². The molecule has 1 aliphatic rings. The summed E-state index contributed by atoms with van der Waals surface area (Å²) in [5.41, 5.74) is 2.85. The molecule has 1 aliphatic carbocycles. The molecule has 0 heterocycles. The third kappa shape index (κ3) is 3.42. The Bertz CT molecular complexity index is 1080. The molecule has 4 rings (SSSR count). The number of carbonyl (C=O) groups excluding carboxylic acids is 1. The SMILES string of the molecule is O=C(Nc1cc(F)c(C(=O)O)cc1F)OCC1c2ccccc2-c2ccccc21. The molecule has 0 aliphatic heterocycles. The maximum atomic E-state index is 14.0. The number of rotatable bonds is 4. The smallest absolute Gasteiger partial charge is 0.411 e. The first kappa shape index (κ1) is 18.6. The first-order chi connectivity index (χ1) is 14.0. The van der Waals surface area contributed by atoms with Crippen molar-refractivity contribution in [3.05, 3.63) is 89.0 Å². The van der Waals surface area contributed by atoms with Gasteiger partial charge in [-0.2, -0.15) is 0 Å². The molecule has 0 spiro atoms. The summed E-state index contributed by atoms with van der Waals surface area (Å²) in [6.45, 7) is 0.0111. The second-order valence-electron chi connectivity index (χ2n) is 6.57. The fourth-order valence-electron chi connectivity index (χ4n) is 3.55. The van der Waals surface area contributed by atoms with Gasteiger partial charge in [0.15, 0.2) is 0 Å². The molecule has 0 atom stereocenters. The fraction of sp³-hybridized carbons (Fsp3) is 0.0909. The molecule has 3 aromatic carbocycles. The minimum absolute atomic E-state index is 0.0111. The van der Waals surface area contributed by atoms with E-state index in [-0.39, 0.29) is 12.5 Å². The van der Waals surface area contributed by atoms with Gasteiger partial charge in [0.05, 0.1) is 11.3 Å². The largest absolute Gasteiger partial charge is 0.478 e. The fourth-order valence-corrected chi connectivity index (χ4v) is 3.55. The van der Waals surface area contributed by atoms with Crippen LogP contribution >= 0.6 is 0 Å². The third-order valence-corrected chi connectivity index (χ3v) is 4.87. The summed E-state index contributed by atoms with van der Waals surface area (Å²) in [4.78, 5) is 23.0. The van der Waals surface area contributed by atoms with Crippen molar-refractivity contribution in [3.8, 4) is 11.1 Å². The van der Waals surface area contributed by atoms with Crippen LogP contribution in [0.1, 0.15) is 27.4 Å². The van der Waals surface area contributed by atoms with Gasteiger partial charge in [-0.05, 0) is 28.3 Å². The number of hydrogen-bond donors (Lipinski definition) is 2. The van der Waals surface area contributed by atoms with E-state index >= 15 is 0 Å². The number of aromatic carboxylic acids is 1. The molecule has 3 aromatic rings. The standard InChI is InChI=1S/C22H15F2NO4/c23-18-10-20(19(24)9-16(18)21(26)27)25-22(28)29-11-17-14-7-3-1-5-12(14)13-6-2-4-8-15(13)17/h1-10,17H,11H2,(H,25,28)(H,26,27). The van der Waals surface area contributed by atoms with Crippen molar-refractivity contribution in [1.29, 1.82) is 0 Å². The van der Waals surface area contributed by atoms with E-state index in [4.69, 9.17) is 9.84 Å². The van der Waals surface area contributed by atoms with Gasteiger partial charge in [-0.25, -0.2) is 18.4 Å². The van der Waals surface area contributed by atoms with Crippen LogP contribution in [0.15, 0.2) is 60.7 Å². The highest BCUT2D eigenvalue weighted by Gasteiger charge is 2.29. The molecule has 0 radical (unpaired) electrons. The lowest BCUT2D eigenvalue weighted by Gasteiger charge is -2.15. The summed E-state index contributed by atoms with van der Waals surface area (Å²) < 4.78 is 33.0. The molecular weight excluding hydrogens is 380 g/mol. The van der Waals surface area contributed by atoms with Crippen LogP contribution in [-0.2, 0) is 4.74 Å². The zero-order valence-electron chi connectivity index (χ0n) is 15.0. The number of anilines is 1. The maximum Gasteiger partial charge on any atom is 0.411 e. The number of nitrogens with one attached hydrogen (secondary N) is 1. The summed E-state index contributed by atoms with van der Waals surface area (Å²) in [6.07, 6.45) is -0.965. The lowest BCUT2D eigenvalue weighted by atomic mass is 9.98. The van der Waals surface area contributed by atoms with E-state index < -0.39 is 34.9 Å². The Hall–Kier alpha value is -3.74. The number of fused-ring (bicyclic) bond motifs is 3. The Kier molecular flexibility index (Phi) is 4.72. The lowest BCUT2D eigenvalue weighted by molar-refractivity contribution is 0.0691. The van der Waals surface area contributed by atoms with Crippen molar-refractivity contribution in [3.63, 3.8) is 0 Å². The molecule has 146 valence electrons. The molecular formula is C22H15F2NO4. The van der Waals surface area contributed by atoms with Crippen LogP contribution in [0, 0.1) is 11.6 Å². The molecule has 0 fully saturated rings. The minimum atomic E-state index is -1.60. The number of carboxylic acids is 1. The summed E-state index contributed by atoms with van der Waals surface area (Å²) in [5, 5.41) is 10.9. The third-order valence-electron chi connectivity index (χ3n) is 4.87. The highest BCUT2D eigenvalue weighted by molar-refractivity contribution is 5.90. The van der Waals surface area contributed by atoms with Crippen LogP contribution in [0.3, 0.4) is 0 Å². The van der Waals surface area contributed by atoms with Gasteiger partial charge in [0.2, 0.25) is 0 Å². The molecule has 29 heavy (non-hydrogen) atoms. The Morgan fingerprint density at radius 3 is 2.10 bits per heavy atom. The van der Waals surface area contributed by atoms with E-state index in [9.17, 15) is 18.4 Å². The molecule has 2 N–H and O–H groups in total. The van der Waals surface area contributed by atoms with E-state index in [1.54, 1.807) is 0 Å². The second kappa shape index (κ2) is 7.35. The quantitative estimate of drug-likeness (QED) is 0.650. The van der Waals surface area contributed by atoms with Gasteiger partial charge in [0.25, 0.3) is 0 Å². The highest BCUT2D eigenvalue weighted by Crippen LogP contribution is 2.44. The summed E-state index contributed by atoms with van der Waals surface area (Å²) >= 11 is 0. The molecule has 0 aromatic heterocycles. The predicted molar refractivity (Wildman–Crippen MR) is 102 cm³/mol. The van der Waals surface area contributed by atoms with Gasteiger partial charge in [-0.15, -0.1) is 0 Å². The van der Waals surface area contributed by atoms with Gasteiger partial charge < -0.3 is 9.84 Å². The summed E-state index contributed by atoms with van der Waals surface area (Å²) in [5.74, 6) is -4.01. The summed E-state index contributed by atoms with van der Waals surface area (Å²) in [7, 11) is 0. The number of carbonyl (C=O) groups is 2. The molecule has 1 amide bonds. The van der Waals surface area contributed by atoms with E-state index in [0.29, 0.717) is 12.1 Å². The molecule has 0 saturated heterocycles. The van der Waals surface area contributed by atoms with Gasteiger partial charge in [0.1, 0.15) is 18.2 Å². The molecule has 0 unspecified atom stereocenters. The maximum absolute atomic E-state index is 14.0. The van der Waals surface area contributed by atoms with Crippen molar-refractivity contribution >= 4 is 17.7 Å². The zero-order valence-corrected chi connectivity index (χ0v) is 15.0. The highest BCUT2D eigenvalue weighted by atomic mass is 19.1. The van der Waals surface area contributed by atoms with Gasteiger partial charge in [-0.1, -0.05) is 48.5 Å².